The minimum Gasteiger partial charge on any atom is -0.334 e. The normalized spacial score (nSPS) is 10.7. The predicted octanol–water partition coefficient (Wildman–Crippen LogP) is 4.65. The lowest BCUT2D eigenvalue weighted by atomic mass is 9.98. The molecule has 2 aromatic carbocycles. The van der Waals surface area contributed by atoms with Gasteiger partial charge in [-0.2, -0.15) is 5.21 Å². The van der Waals surface area contributed by atoms with Crippen molar-refractivity contribution < 1.29 is 4.79 Å². The van der Waals surface area contributed by atoms with E-state index in [1.807, 2.05) is 41.3 Å². The van der Waals surface area contributed by atoms with E-state index in [1.54, 1.807) is 0 Å². The summed E-state index contributed by atoms with van der Waals surface area (Å²) in [6.45, 7) is 6.44. The van der Waals surface area contributed by atoms with Gasteiger partial charge in [0.25, 0.3) is 0 Å². The van der Waals surface area contributed by atoms with E-state index >= 15 is 0 Å². The summed E-state index contributed by atoms with van der Waals surface area (Å²) in [6, 6.07) is 16.2. The SMILES string of the molecule is CCCCN(CCCC)C(=O)NCc1ccc(-c2ccccc2-c2nn[nH]n2)cc1. The van der Waals surface area contributed by atoms with Crippen LogP contribution in [0.3, 0.4) is 0 Å². The first-order valence-corrected chi connectivity index (χ1v) is 10.7. The molecule has 158 valence electrons. The number of hydrogen-bond acceptors (Lipinski definition) is 4. The van der Waals surface area contributed by atoms with E-state index in [0.717, 1.165) is 61.0 Å². The van der Waals surface area contributed by atoms with Gasteiger partial charge in [0, 0.05) is 25.2 Å². The molecule has 7 nitrogen and oxygen atoms in total. The molecule has 0 aliphatic rings. The molecule has 0 radical (unpaired) electrons. The second-order valence-corrected chi connectivity index (χ2v) is 7.33. The summed E-state index contributed by atoms with van der Waals surface area (Å²) in [6.07, 6.45) is 4.24. The molecule has 1 heterocycles. The molecule has 0 atom stereocenters. The molecule has 0 saturated carbocycles. The molecule has 7 heteroatoms. The van der Waals surface area contributed by atoms with Gasteiger partial charge in [0.1, 0.15) is 0 Å². The molecular formula is C23H30N6O. The maximum Gasteiger partial charge on any atom is 0.317 e. The summed E-state index contributed by atoms with van der Waals surface area (Å²) >= 11 is 0. The Morgan fingerprint density at radius 2 is 1.63 bits per heavy atom. The van der Waals surface area contributed by atoms with Crippen LogP contribution in [0.25, 0.3) is 22.5 Å². The average Bonchev–Trinajstić information content (AvgIpc) is 3.33. The molecule has 0 aliphatic carbocycles. The molecule has 0 spiro atoms. The highest BCUT2D eigenvalue weighted by molar-refractivity contribution is 5.80. The fraction of sp³-hybridized carbons (Fsp3) is 0.391. The maximum atomic E-state index is 12.6. The number of H-pyrrole nitrogens is 1. The summed E-state index contributed by atoms with van der Waals surface area (Å²) in [5.74, 6) is 0.571. The second-order valence-electron chi connectivity index (χ2n) is 7.33. The zero-order valence-electron chi connectivity index (χ0n) is 17.8. The lowest BCUT2D eigenvalue weighted by Gasteiger charge is -2.23. The minimum atomic E-state index is 0.0171. The van der Waals surface area contributed by atoms with Crippen LogP contribution in [0.4, 0.5) is 4.79 Å². The molecule has 30 heavy (non-hydrogen) atoms. The molecule has 3 aromatic rings. The van der Waals surface area contributed by atoms with E-state index in [4.69, 9.17) is 0 Å². The summed E-state index contributed by atoms with van der Waals surface area (Å²) in [7, 11) is 0. The molecule has 1 aromatic heterocycles. The Morgan fingerprint density at radius 3 is 2.23 bits per heavy atom. The molecular weight excluding hydrogens is 376 g/mol. The molecule has 3 rings (SSSR count). The van der Waals surface area contributed by atoms with Crippen LogP contribution in [-0.2, 0) is 6.54 Å². The molecule has 0 saturated heterocycles. The predicted molar refractivity (Wildman–Crippen MR) is 119 cm³/mol. The number of carbonyl (C=O) groups excluding carboxylic acids is 1. The molecule has 2 amide bonds. The van der Waals surface area contributed by atoms with Crippen molar-refractivity contribution in [2.24, 2.45) is 0 Å². The molecule has 2 N–H and O–H groups in total. The number of hydrogen-bond donors (Lipinski definition) is 2. The number of aromatic amines is 1. The van der Waals surface area contributed by atoms with Gasteiger partial charge in [-0.15, -0.1) is 10.2 Å². The third kappa shape index (κ3) is 5.65. The number of tetrazole rings is 1. The Bertz CT molecular complexity index is 900. The van der Waals surface area contributed by atoms with Crippen molar-refractivity contribution >= 4 is 6.03 Å². The van der Waals surface area contributed by atoms with E-state index in [-0.39, 0.29) is 6.03 Å². The van der Waals surface area contributed by atoms with Crippen molar-refractivity contribution in [2.45, 2.75) is 46.1 Å². The zero-order valence-corrected chi connectivity index (χ0v) is 17.8. The number of unbranched alkanes of at least 4 members (excludes halogenated alkanes) is 2. The van der Waals surface area contributed by atoms with Gasteiger partial charge in [-0.1, -0.05) is 75.2 Å². The summed E-state index contributed by atoms with van der Waals surface area (Å²) in [5.41, 5.74) is 4.10. The third-order valence-electron chi connectivity index (χ3n) is 5.07. The Balaban J connectivity index is 1.65. The van der Waals surface area contributed by atoms with Crippen molar-refractivity contribution in [3.8, 4) is 22.5 Å². The van der Waals surface area contributed by atoms with E-state index in [2.05, 4.69) is 51.9 Å². The maximum absolute atomic E-state index is 12.6. The highest BCUT2D eigenvalue weighted by Crippen LogP contribution is 2.29. The van der Waals surface area contributed by atoms with E-state index in [9.17, 15) is 4.79 Å². The van der Waals surface area contributed by atoms with Gasteiger partial charge in [-0.25, -0.2) is 4.79 Å². The van der Waals surface area contributed by atoms with Crippen LogP contribution in [0.15, 0.2) is 48.5 Å². The third-order valence-corrected chi connectivity index (χ3v) is 5.07. The van der Waals surface area contributed by atoms with Crippen LogP contribution in [0.1, 0.15) is 45.1 Å². The van der Waals surface area contributed by atoms with Crippen molar-refractivity contribution in [1.82, 2.24) is 30.8 Å². The highest BCUT2D eigenvalue weighted by atomic mass is 16.2. The lowest BCUT2D eigenvalue weighted by Crippen LogP contribution is -2.40. The first-order chi connectivity index (χ1) is 14.7. The first-order valence-electron chi connectivity index (χ1n) is 10.7. The monoisotopic (exact) mass is 406 g/mol. The van der Waals surface area contributed by atoms with Gasteiger partial charge in [0.05, 0.1) is 0 Å². The van der Waals surface area contributed by atoms with E-state index in [0.29, 0.717) is 12.4 Å². The fourth-order valence-electron chi connectivity index (χ4n) is 3.31. The van der Waals surface area contributed by atoms with Crippen molar-refractivity contribution in [3.63, 3.8) is 0 Å². The van der Waals surface area contributed by atoms with E-state index < -0.39 is 0 Å². The topological polar surface area (TPSA) is 86.8 Å². The fourth-order valence-corrected chi connectivity index (χ4v) is 3.31. The van der Waals surface area contributed by atoms with Gasteiger partial charge in [0.15, 0.2) is 0 Å². The Kier molecular flexibility index (Phi) is 7.94. The van der Waals surface area contributed by atoms with Crippen LogP contribution in [0.5, 0.6) is 0 Å². The van der Waals surface area contributed by atoms with Crippen LogP contribution in [-0.4, -0.2) is 44.6 Å². The molecule has 0 fully saturated rings. The number of amides is 2. The smallest absolute Gasteiger partial charge is 0.317 e. The Labute approximate surface area is 177 Å². The number of rotatable bonds is 10. The van der Waals surface area contributed by atoms with Crippen molar-refractivity contribution in [2.75, 3.05) is 13.1 Å². The number of benzene rings is 2. The first kappa shape index (κ1) is 21.5. The molecule has 0 unspecified atom stereocenters. The van der Waals surface area contributed by atoms with Crippen molar-refractivity contribution in [3.05, 3.63) is 54.1 Å². The minimum absolute atomic E-state index is 0.0171. The summed E-state index contributed by atoms with van der Waals surface area (Å²) < 4.78 is 0. The molecule has 0 aliphatic heterocycles. The summed E-state index contributed by atoms with van der Waals surface area (Å²) in [4.78, 5) is 14.5. The van der Waals surface area contributed by atoms with E-state index in [1.165, 1.54) is 0 Å². The number of carbonyl (C=O) groups is 1. The largest absolute Gasteiger partial charge is 0.334 e. The quantitative estimate of drug-likeness (QED) is 0.513. The lowest BCUT2D eigenvalue weighted by molar-refractivity contribution is 0.195. The average molecular weight is 407 g/mol. The number of nitrogens with one attached hydrogen (secondary N) is 2. The Hall–Kier alpha value is -3.22. The van der Waals surface area contributed by atoms with Gasteiger partial charge >= 0.3 is 6.03 Å². The van der Waals surface area contributed by atoms with Gasteiger partial charge in [-0.3, -0.25) is 0 Å². The summed E-state index contributed by atoms with van der Waals surface area (Å²) in [5, 5.41) is 17.4. The molecule has 0 bridgehead atoms. The van der Waals surface area contributed by atoms with Crippen LogP contribution in [0, 0.1) is 0 Å². The highest BCUT2D eigenvalue weighted by Gasteiger charge is 2.13. The Morgan fingerprint density at radius 1 is 0.967 bits per heavy atom. The zero-order chi connectivity index (χ0) is 21.2. The van der Waals surface area contributed by atoms with Crippen LogP contribution in [0.2, 0.25) is 0 Å². The number of aromatic nitrogens is 4. The number of nitrogens with zero attached hydrogens (tertiary/aromatic N) is 4. The van der Waals surface area contributed by atoms with Crippen molar-refractivity contribution in [1.29, 1.82) is 0 Å². The second kappa shape index (κ2) is 11.1. The van der Waals surface area contributed by atoms with Gasteiger partial charge in [-0.05, 0) is 34.7 Å². The van der Waals surface area contributed by atoms with Crippen LogP contribution < -0.4 is 5.32 Å². The number of urea groups is 1. The van der Waals surface area contributed by atoms with Gasteiger partial charge in [0.2, 0.25) is 5.82 Å². The van der Waals surface area contributed by atoms with Crippen LogP contribution >= 0.6 is 0 Å². The standard InChI is InChI=1S/C23H30N6O/c1-3-5-15-29(16-6-4-2)23(30)24-17-18-11-13-19(14-12-18)20-9-7-8-10-21(20)22-25-27-28-26-22/h7-14H,3-6,15-17H2,1-2H3,(H,24,30)(H,25,26,27,28). The van der Waals surface area contributed by atoms with Gasteiger partial charge < -0.3 is 10.2 Å².